The van der Waals surface area contributed by atoms with E-state index in [9.17, 15) is 9.59 Å². The van der Waals surface area contributed by atoms with E-state index in [4.69, 9.17) is 21.1 Å². The maximum absolute atomic E-state index is 11.8. The number of aromatic nitrogens is 1. The minimum Gasteiger partial charge on any atom is -0.444 e. The molecular weight excluding hydrogens is 358 g/mol. The van der Waals surface area contributed by atoms with Crippen LogP contribution < -0.4 is 10.6 Å². The van der Waals surface area contributed by atoms with E-state index in [0.717, 1.165) is 0 Å². The van der Waals surface area contributed by atoms with Crippen LogP contribution in [0.1, 0.15) is 47.1 Å². The number of alkyl carbamates (subject to hydrolysis) is 1. The lowest BCUT2D eigenvalue weighted by atomic mass is 10.2. The van der Waals surface area contributed by atoms with Crippen molar-refractivity contribution < 1.29 is 19.1 Å². The Balaban J connectivity index is 2.70. The van der Waals surface area contributed by atoms with Crippen LogP contribution in [-0.4, -0.2) is 34.9 Å². The number of pyridine rings is 1. The Morgan fingerprint density at radius 2 is 1.65 bits per heavy atom. The summed E-state index contributed by atoms with van der Waals surface area (Å²) in [5.74, 6) is 5.53. The summed E-state index contributed by atoms with van der Waals surface area (Å²) in [4.78, 5) is 27.3. The van der Waals surface area contributed by atoms with Gasteiger partial charge in [0, 0.05) is 6.20 Å². The zero-order chi connectivity index (χ0) is 20.0. The molecule has 0 radical (unpaired) electrons. The standard InChI is InChI=1S/C18H24ClN3O4/c1-17(2,3)25-15(23)21-9-7-8-12-10-20-11-13(14(12)19)22-16(24)26-18(4,5)6/h10-11H,9H2,1-6H3,(H,21,23)(H,22,24). The zero-order valence-electron chi connectivity index (χ0n) is 15.8. The average molecular weight is 382 g/mol. The molecule has 26 heavy (non-hydrogen) atoms. The van der Waals surface area contributed by atoms with E-state index in [1.807, 2.05) is 0 Å². The molecule has 1 rings (SSSR count). The summed E-state index contributed by atoms with van der Waals surface area (Å²) >= 11 is 6.23. The van der Waals surface area contributed by atoms with Gasteiger partial charge in [-0.3, -0.25) is 10.3 Å². The van der Waals surface area contributed by atoms with Gasteiger partial charge in [-0.2, -0.15) is 0 Å². The molecule has 1 aromatic heterocycles. The Labute approximate surface area is 158 Å². The number of hydrogen-bond donors (Lipinski definition) is 2. The smallest absolute Gasteiger partial charge is 0.412 e. The average Bonchev–Trinajstić information content (AvgIpc) is 2.43. The number of anilines is 1. The predicted molar refractivity (Wildman–Crippen MR) is 100 cm³/mol. The fourth-order valence-electron chi connectivity index (χ4n) is 1.60. The molecule has 0 unspecified atom stereocenters. The van der Waals surface area contributed by atoms with Gasteiger partial charge >= 0.3 is 12.2 Å². The first-order valence-corrected chi connectivity index (χ1v) is 8.34. The third-order valence-corrected chi connectivity index (χ3v) is 2.87. The molecular formula is C18H24ClN3O4. The van der Waals surface area contributed by atoms with E-state index in [1.54, 1.807) is 41.5 Å². The number of halogens is 1. The van der Waals surface area contributed by atoms with E-state index in [-0.39, 0.29) is 17.3 Å². The number of rotatable bonds is 2. The summed E-state index contributed by atoms with van der Waals surface area (Å²) in [6, 6.07) is 0. The number of carbonyl (C=O) groups excluding carboxylic acids is 2. The van der Waals surface area contributed by atoms with Gasteiger partial charge in [-0.15, -0.1) is 0 Å². The van der Waals surface area contributed by atoms with Crippen molar-refractivity contribution >= 4 is 29.5 Å². The molecule has 0 saturated heterocycles. The van der Waals surface area contributed by atoms with Crippen LogP contribution in [-0.2, 0) is 9.47 Å². The van der Waals surface area contributed by atoms with Gasteiger partial charge in [-0.1, -0.05) is 23.4 Å². The van der Waals surface area contributed by atoms with E-state index in [1.165, 1.54) is 12.4 Å². The first kappa shape index (κ1) is 21.6. The molecule has 0 saturated carbocycles. The Bertz CT molecular complexity index is 725. The van der Waals surface area contributed by atoms with Crippen LogP contribution in [0.5, 0.6) is 0 Å². The maximum atomic E-state index is 11.8. The number of amides is 2. The van der Waals surface area contributed by atoms with Crippen molar-refractivity contribution in [3.05, 3.63) is 23.0 Å². The fraction of sp³-hybridized carbons (Fsp3) is 0.500. The fourth-order valence-corrected chi connectivity index (χ4v) is 1.79. The molecule has 8 heteroatoms. The SMILES string of the molecule is CC(C)(C)OC(=O)NCC#Cc1cncc(NC(=O)OC(C)(C)C)c1Cl. The summed E-state index contributed by atoms with van der Waals surface area (Å²) in [7, 11) is 0. The summed E-state index contributed by atoms with van der Waals surface area (Å²) in [5.41, 5.74) is -0.514. The molecule has 0 bridgehead atoms. The third kappa shape index (κ3) is 8.58. The Morgan fingerprint density at radius 3 is 2.23 bits per heavy atom. The summed E-state index contributed by atoms with van der Waals surface area (Å²) in [5, 5.41) is 5.27. The highest BCUT2D eigenvalue weighted by Gasteiger charge is 2.18. The Morgan fingerprint density at radius 1 is 1.08 bits per heavy atom. The van der Waals surface area contributed by atoms with Crippen molar-refractivity contribution in [1.82, 2.24) is 10.3 Å². The normalized spacial score (nSPS) is 11.0. The van der Waals surface area contributed by atoms with Crippen LogP contribution >= 0.6 is 11.6 Å². The highest BCUT2D eigenvalue weighted by molar-refractivity contribution is 6.34. The van der Waals surface area contributed by atoms with Crippen molar-refractivity contribution in [2.75, 3.05) is 11.9 Å². The van der Waals surface area contributed by atoms with E-state index >= 15 is 0 Å². The predicted octanol–water partition coefficient (Wildman–Crippen LogP) is 3.96. The third-order valence-electron chi connectivity index (χ3n) is 2.46. The second kappa shape index (κ2) is 8.77. The largest absolute Gasteiger partial charge is 0.444 e. The van der Waals surface area contributed by atoms with Crippen LogP contribution in [0.2, 0.25) is 5.02 Å². The quantitative estimate of drug-likeness (QED) is 0.757. The molecule has 0 aliphatic carbocycles. The van der Waals surface area contributed by atoms with Crippen molar-refractivity contribution in [1.29, 1.82) is 0 Å². The van der Waals surface area contributed by atoms with Crippen LogP contribution in [0.4, 0.5) is 15.3 Å². The maximum Gasteiger partial charge on any atom is 0.412 e. The van der Waals surface area contributed by atoms with Crippen LogP contribution in [0.25, 0.3) is 0 Å². The first-order valence-electron chi connectivity index (χ1n) is 7.96. The van der Waals surface area contributed by atoms with Gasteiger partial charge in [0.2, 0.25) is 0 Å². The molecule has 2 N–H and O–H groups in total. The Kier molecular flexibility index (Phi) is 7.28. The highest BCUT2D eigenvalue weighted by atomic mass is 35.5. The molecule has 0 aromatic carbocycles. The summed E-state index contributed by atoms with van der Waals surface area (Å²) < 4.78 is 10.3. The molecule has 1 heterocycles. The summed E-state index contributed by atoms with van der Waals surface area (Å²) in [6.07, 6.45) is 1.66. The minimum absolute atomic E-state index is 0.0783. The molecule has 7 nitrogen and oxygen atoms in total. The minimum atomic E-state index is -0.641. The molecule has 0 aliphatic rings. The van der Waals surface area contributed by atoms with Crippen LogP contribution in [0.3, 0.4) is 0 Å². The monoisotopic (exact) mass is 381 g/mol. The lowest BCUT2D eigenvalue weighted by Crippen LogP contribution is -2.32. The number of ether oxygens (including phenoxy) is 2. The number of hydrogen-bond acceptors (Lipinski definition) is 5. The van der Waals surface area contributed by atoms with Gasteiger partial charge in [0.15, 0.2) is 0 Å². The molecule has 0 aliphatic heterocycles. The zero-order valence-corrected chi connectivity index (χ0v) is 16.6. The van der Waals surface area contributed by atoms with Gasteiger partial charge in [0.05, 0.1) is 29.0 Å². The second-order valence-electron chi connectivity index (χ2n) is 7.33. The molecule has 0 spiro atoms. The van der Waals surface area contributed by atoms with E-state index in [2.05, 4.69) is 27.5 Å². The Hall–Kier alpha value is -2.46. The lowest BCUT2D eigenvalue weighted by Gasteiger charge is -2.20. The van der Waals surface area contributed by atoms with Crippen LogP contribution in [0, 0.1) is 11.8 Å². The van der Waals surface area contributed by atoms with Crippen molar-refractivity contribution in [2.24, 2.45) is 0 Å². The number of nitrogens with one attached hydrogen (secondary N) is 2. The topological polar surface area (TPSA) is 89.5 Å². The number of nitrogens with zero attached hydrogens (tertiary/aromatic N) is 1. The van der Waals surface area contributed by atoms with E-state index in [0.29, 0.717) is 5.56 Å². The van der Waals surface area contributed by atoms with Gasteiger partial charge in [0.25, 0.3) is 0 Å². The molecule has 142 valence electrons. The molecule has 0 fully saturated rings. The molecule has 1 aromatic rings. The van der Waals surface area contributed by atoms with Gasteiger partial charge in [-0.05, 0) is 41.5 Å². The van der Waals surface area contributed by atoms with Gasteiger partial charge in [-0.25, -0.2) is 9.59 Å². The number of carbonyl (C=O) groups is 2. The lowest BCUT2D eigenvalue weighted by molar-refractivity contribution is 0.0534. The molecule has 2 amide bonds. The summed E-state index contributed by atoms with van der Waals surface area (Å²) in [6.45, 7) is 10.7. The van der Waals surface area contributed by atoms with Crippen molar-refractivity contribution in [3.8, 4) is 11.8 Å². The second-order valence-corrected chi connectivity index (χ2v) is 7.71. The first-order chi connectivity index (χ1) is 11.9. The van der Waals surface area contributed by atoms with Crippen LogP contribution in [0.15, 0.2) is 12.4 Å². The highest BCUT2D eigenvalue weighted by Crippen LogP contribution is 2.24. The van der Waals surface area contributed by atoms with Gasteiger partial charge < -0.3 is 14.8 Å². The van der Waals surface area contributed by atoms with Crippen molar-refractivity contribution in [2.45, 2.75) is 52.7 Å². The molecule has 0 atom stereocenters. The van der Waals surface area contributed by atoms with Gasteiger partial charge in [0.1, 0.15) is 11.2 Å². The van der Waals surface area contributed by atoms with E-state index < -0.39 is 23.4 Å². The van der Waals surface area contributed by atoms with Crippen molar-refractivity contribution in [3.63, 3.8) is 0 Å².